The van der Waals surface area contributed by atoms with Gasteiger partial charge in [0.05, 0.1) is 5.60 Å². The van der Waals surface area contributed by atoms with Crippen molar-refractivity contribution in [3.05, 3.63) is 29.8 Å². The zero-order valence-corrected chi connectivity index (χ0v) is 17.2. The third-order valence-corrected chi connectivity index (χ3v) is 4.02. The lowest BCUT2D eigenvalue weighted by Gasteiger charge is -2.24. The Balaban J connectivity index is 0.00000338. The molecule has 1 saturated heterocycles. The SMILES string of the molecule is CN=C(NCCc1ccc(OC(F)(F)F)cc1)NCC1(C)CCCO1.I. The van der Waals surface area contributed by atoms with Gasteiger partial charge in [0, 0.05) is 26.7 Å². The smallest absolute Gasteiger partial charge is 0.406 e. The predicted octanol–water partition coefficient (Wildman–Crippen LogP) is 3.48. The summed E-state index contributed by atoms with van der Waals surface area (Å²) in [6, 6.07) is 5.86. The topological polar surface area (TPSA) is 54.9 Å². The van der Waals surface area contributed by atoms with E-state index < -0.39 is 6.36 Å². The molecule has 9 heteroatoms. The Bertz CT molecular complexity index is 574. The number of guanidine groups is 1. The van der Waals surface area contributed by atoms with Crippen LogP contribution in [0.5, 0.6) is 5.75 Å². The molecule has 0 spiro atoms. The molecule has 0 radical (unpaired) electrons. The average Bonchev–Trinajstić information content (AvgIpc) is 2.98. The first-order valence-corrected chi connectivity index (χ1v) is 8.23. The molecule has 0 saturated carbocycles. The molecule has 1 heterocycles. The molecule has 2 rings (SSSR count). The molecule has 1 aliphatic rings. The fourth-order valence-corrected chi connectivity index (χ4v) is 2.65. The molecule has 5 nitrogen and oxygen atoms in total. The van der Waals surface area contributed by atoms with Gasteiger partial charge < -0.3 is 20.1 Å². The molecule has 0 bridgehead atoms. The van der Waals surface area contributed by atoms with Crippen LogP contribution in [0.2, 0.25) is 0 Å². The van der Waals surface area contributed by atoms with E-state index in [1.165, 1.54) is 12.1 Å². The molecule has 0 amide bonds. The van der Waals surface area contributed by atoms with Gasteiger partial charge >= 0.3 is 6.36 Å². The quantitative estimate of drug-likeness (QED) is 0.367. The van der Waals surface area contributed by atoms with Crippen molar-refractivity contribution in [3.8, 4) is 5.75 Å². The van der Waals surface area contributed by atoms with E-state index in [2.05, 4.69) is 27.3 Å². The molecule has 1 unspecified atom stereocenters. The summed E-state index contributed by atoms with van der Waals surface area (Å²) in [5.41, 5.74) is 0.745. The van der Waals surface area contributed by atoms with Crippen LogP contribution < -0.4 is 15.4 Å². The second-order valence-corrected chi connectivity index (χ2v) is 6.20. The molecule has 1 aromatic rings. The Morgan fingerprint density at radius 1 is 1.27 bits per heavy atom. The largest absolute Gasteiger partial charge is 0.573 e. The third-order valence-electron chi connectivity index (χ3n) is 4.02. The maximum absolute atomic E-state index is 12.1. The number of nitrogens with zero attached hydrogens (tertiary/aromatic N) is 1. The molecule has 1 aliphatic heterocycles. The number of halogens is 4. The minimum Gasteiger partial charge on any atom is -0.406 e. The lowest BCUT2D eigenvalue weighted by Crippen LogP contribution is -2.45. The van der Waals surface area contributed by atoms with Crippen LogP contribution in [0.1, 0.15) is 25.3 Å². The number of rotatable bonds is 6. The van der Waals surface area contributed by atoms with Crippen LogP contribution in [-0.2, 0) is 11.2 Å². The standard InChI is InChI=1S/C17H24F3N3O2.HI/c1-16(9-3-11-24-16)12-23-15(21-2)22-10-8-13-4-6-14(7-5-13)25-17(18,19)20;/h4-7H,3,8-12H2,1-2H3,(H2,21,22,23);1H. The molecule has 1 atom stereocenters. The summed E-state index contributed by atoms with van der Waals surface area (Å²) in [6.45, 7) is 4.15. The zero-order valence-electron chi connectivity index (χ0n) is 14.9. The van der Waals surface area contributed by atoms with Crippen LogP contribution in [0.3, 0.4) is 0 Å². The molecule has 2 N–H and O–H groups in total. The first-order chi connectivity index (χ1) is 11.8. The predicted molar refractivity (Wildman–Crippen MR) is 105 cm³/mol. The van der Waals surface area contributed by atoms with Gasteiger partial charge in [0.15, 0.2) is 5.96 Å². The van der Waals surface area contributed by atoms with Crippen molar-refractivity contribution < 1.29 is 22.6 Å². The van der Waals surface area contributed by atoms with E-state index in [0.29, 0.717) is 25.5 Å². The molecule has 0 aliphatic carbocycles. The number of ether oxygens (including phenoxy) is 2. The fourth-order valence-electron chi connectivity index (χ4n) is 2.65. The van der Waals surface area contributed by atoms with Gasteiger partial charge in [0.25, 0.3) is 0 Å². The minimum atomic E-state index is -4.67. The van der Waals surface area contributed by atoms with Crippen LogP contribution >= 0.6 is 24.0 Å². The van der Waals surface area contributed by atoms with Gasteiger partial charge in [0.1, 0.15) is 5.75 Å². The maximum Gasteiger partial charge on any atom is 0.573 e. The molecule has 26 heavy (non-hydrogen) atoms. The molecule has 148 valence electrons. The van der Waals surface area contributed by atoms with Gasteiger partial charge in [-0.1, -0.05) is 12.1 Å². The highest BCUT2D eigenvalue weighted by Crippen LogP contribution is 2.24. The summed E-state index contributed by atoms with van der Waals surface area (Å²) in [4.78, 5) is 4.16. The second kappa shape index (κ2) is 10.2. The van der Waals surface area contributed by atoms with Crippen LogP contribution in [0, 0.1) is 0 Å². The van der Waals surface area contributed by atoms with Gasteiger partial charge in [-0.05, 0) is 43.9 Å². The van der Waals surface area contributed by atoms with Crippen LogP contribution in [0.25, 0.3) is 0 Å². The Hall–Kier alpha value is -1.23. The molecule has 0 aromatic heterocycles. The average molecular weight is 487 g/mol. The van der Waals surface area contributed by atoms with E-state index >= 15 is 0 Å². The van der Waals surface area contributed by atoms with Gasteiger partial charge in [-0.15, -0.1) is 37.1 Å². The molecule has 1 aromatic carbocycles. The van der Waals surface area contributed by atoms with Gasteiger partial charge in [-0.2, -0.15) is 0 Å². The van der Waals surface area contributed by atoms with Crippen LogP contribution in [0.15, 0.2) is 29.3 Å². The highest BCUT2D eigenvalue weighted by atomic mass is 127. The second-order valence-electron chi connectivity index (χ2n) is 6.20. The zero-order chi connectivity index (χ0) is 18.3. The number of hydrogen-bond donors (Lipinski definition) is 2. The lowest BCUT2D eigenvalue weighted by atomic mass is 10.0. The lowest BCUT2D eigenvalue weighted by molar-refractivity contribution is -0.274. The first-order valence-electron chi connectivity index (χ1n) is 8.23. The Morgan fingerprint density at radius 3 is 2.50 bits per heavy atom. The minimum absolute atomic E-state index is 0. The number of nitrogens with one attached hydrogen (secondary N) is 2. The van der Waals surface area contributed by atoms with E-state index in [-0.39, 0.29) is 35.3 Å². The van der Waals surface area contributed by atoms with E-state index in [1.807, 2.05) is 0 Å². The van der Waals surface area contributed by atoms with Crippen molar-refractivity contribution in [2.45, 2.75) is 38.1 Å². The number of aliphatic imine (C=N–C) groups is 1. The monoisotopic (exact) mass is 487 g/mol. The summed E-state index contributed by atoms with van der Waals surface area (Å²) in [6.07, 6.45) is -1.93. The van der Waals surface area contributed by atoms with Crippen molar-refractivity contribution >= 4 is 29.9 Å². The van der Waals surface area contributed by atoms with Crippen LogP contribution in [-0.4, -0.2) is 44.7 Å². The number of hydrogen-bond acceptors (Lipinski definition) is 3. The van der Waals surface area contributed by atoms with E-state index in [9.17, 15) is 13.2 Å². The summed E-state index contributed by atoms with van der Waals surface area (Å²) in [7, 11) is 1.69. The highest BCUT2D eigenvalue weighted by molar-refractivity contribution is 14.0. The van der Waals surface area contributed by atoms with Gasteiger partial charge in [-0.25, -0.2) is 0 Å². The maximum atomic E-state index is 12.1. The summed E-state index contributed by atoms with van der Waals surface area (Å²) < 4.78 is 45.9. The molecular weight excluding hydrogens is 462 g/mol. The summed E-state index contributed by atoms with van der Waals surface area (Å²) >= 11 is 0. The number of benzene rings is 1. The third kappa shape index (κ3) is 7.98. The van der Waals surface area contributed by atoms with E-state index in [4.69, 9.17) is 4.74 Å². The van der Waals surface area contributed by atoms with Gasteiger partial charge in [-0.3, -0.25) is 4.99 Å². The normalized spacial score (nSPS) is 20.4. The van der Waals surface area contributed by atoms with Gasteiger partial charge in [0.2, 0.25) is 0 Å². The van der Waals surface area contributed by atoms with Crippen LogP contribution in [0.4, 0.5) is 13.2 Å². The van der Waals surface area contributed by atoms with E-state index in [1.54, 1.807) is 19.2 Å². The Kier molecular flexibility index (Phi) is 8.94. The Morgan fingerprint density at radius 2 is 1.96 bits per heavy atom. The fraction of sp³-hybridized carbons (Fsp3) is 0.588. The highest BCUT2D eigenvalue weighted by Gasteiger charge is 2.31. The van der Waals surface area contributed by atoms with Crippen molar-refractivity contribution in [1.29, 1.82) is 0 Å². The van der Waals surface area contributed by atoms with E-state index in [0.717, 1.165) is 25.0 Å². The first kappa shape index (κ1) is 22.8. The van der Waals surface area contributed by atoms with Crippen molar-refractivity contribution in [3.63, 3.8) is 0 Å². The summed E-state index contributed by atoms with van der Waals surface area (Å²) in [5, 5.41) is 6.43. The number of alkyl halides is 3. The van der Waals surface area contributed by atoms with Crippen molar-refractivity contribution in [1.82, 2.24) is 10.6 Å². The van der Waals surface area contributed by atoms with Crippen molar-refractivity contribution in [2.75, 3.05) is 26.7 Å². The van der Waals surface area contributed by atoms with Crippen molar-refractivity contribution in [2.24, 2.45) is 4.99 Å². The Labute approximate surface area is 168 Å². The molecular formula is C17H25F3IN3O2. The summed E-state index contributed by atoms with van der Waals surface area (Å²) in [5.74, 6) is 0.459. The molecule has 1 fully saturated rings.